The number of rotatable bonds is 5. The number of nitrogens with one attached hydrogen (secondary N) is 1. The van der Waals surface area contributed by atoms with Gasteiger partial charge in [0.25, 0.3) is 0 Å². The molecule has 0 fully saturated rings. The number of aliphatic carboxylic acids is 1. The molecule has 0 aromatic rings. The summed E-state index contributed by atoms with van der Waals surface area (Å²) in [4.78, 5) is 10.2. The summed E-state index contributed by atoms with van der Waals surface area (Å²) in [5.74, 6) is -1.000. The van der Waals surface area contributed by atoms with Crippen LogP contribution in [-0.4, -0.2) is 21.9 Å². The molecule has 0 aliphatic carbocycles. The van der Waals surface area contributed by atoms with Gasteiger partial charge in [-0.1, -0.05) is 0 Å². The van der Waals surface area contributed by atoms with Crippen LogP contribution in [0.25, 0.3) is 0 Å². The van der Waals surface area contributed by atoms with Gasteiger partial charge in [-0.2, -0.15) is 0 Å². The van der Waals surface area contributed by atoms with Gasteiger partial charge in [-0.05, 0) is 0 Å². The maximum atomic E-state index is 10.2. The van der Waals surface area contributed by atoms with Crippen LogP contribution in [-0.2, 0) is 22.6 Å². The van der Waals surface area contributed by atoms with Crippen LogP contribution in [0, 0.1) is 0 Å². The Bertz CT molecular complexity index is 181. The van der Waals surface area contributed by atoms with Crippen LogP contribution in [0.3, 0.4) is 0 Å². The predicted molar refractivity (Wildman–Crippen MR) is 38.6 cm³/mol. The van der Waals surface area contributed by atoms with Gasteiger partial charge in [-0.3, -0.25) is 0 Å². The first-order chi connectivity index (χ1) is 5.07. The Labute approximate surface area is 74.7 Å². The zero-order valence-corrected chi connectivity index (χ0v) is 9.18. The van der Waals surface area contributed by atoms with Crippen molar-refractivity contribution >= 4 is 10.7 Å². The standard InChI is InChI=1S/C6H10N2O2.Zn/c1-4(8-2)3-5(7)6(9)10;/h2,5,8H,1,3,7H2,(H,9,10);. The van der Waals surface area contributed by atoms with E-state index in [9.17, 15) is 4.79 Å². The van der Waals surface area contributed by atoms with E-state index in [1.807, 2.05) is 0 Å². The van der Waals surface area contributed by atoms with Crippen molar-refractivity contribution in [3.8, 4) is 0 Å². The van der Waals surface area contributed by atoms with Gasteiger partial charge in [-0.15, -0.1) is 0 Å². The SMILES string of the molecule is C=C(CC(N)C(=O)O)N[CH]=[Zn]. The third kappa shape index (κ3) is 4.81. The van der Waals surface area contributed by atoms with Crippen molar-refractivity contribution in [2.24, 2.45) is 5.73 Å². The summed E-state index contributed by atoms with van der Waals surface area (Å²) in [5, 5.41) is 11.2. The average molecular weight is 208 g/mol. The Morgan fingerprint density at radius 3 is 2.82 bits per heavy atom. The average Bonchev–Trinajstić information content (AvgIpc) is 1.87. The van der Waals surface area contributed by atoms with Crippen LogP contribution in [0.2, 0.25) is 0 Å². The predicted octanol–water partition coefficient (Wildman–Crippen LogP) is -0.802. The molecule has 11 heavy (non-hydrogen) atoms. The van der Waals surface area contributed by atoms with Crippen molar-refractivity contribution in [2.75, 3.05) is 0 Å². The summed E-state index contributed by atoms with van der Waals surface area (Å²) in [6.45, 7) is 3.60. The van der Waals surface area contributed by atoms with E-state index in [2.05, 4.69) is 11.9 Å². The zero-order chi connectivity index (χ0) is 8.85. The maximum absolute atomic E-state index is 10.2. The quantitative estimate of drug-likeness (QED) is 0.516. The van der Waals surface area contributed by atoms with Gasteiger partial charge in [-0.25, -0.2) is 0 Å². The van der Waals surface area contributed by atoms with Crippen LogP contribution in [0.15, 0.2) is 12.3 Å². The van der Waals surface area contributed by atoms with Gasteiger partial charge >= 0.3 is 74.2 Å². The van der Waals surface area contributed by atoms with E-state index in [-0.39, 0.29) is 6.42 Å². The first-order valence-corrected chi connectivity index (χ1v) is 4.83. The summed E-state index contributed by atoms with van der Waals surface area (Å²) in [5.41, 5.74) is 5.89. The number of hydrogen-bond acceptors (Lipinski definition) is 3. The molecule has 0 aromatic heterocycles. The second-order valence-electron chi connectivity index (χ2n) is 2.10. The van der Waals surface area contributed by atoms with E-state index in [0.717, 1.165) is 17.9 Å². The van der Waals surface area contributed by atoms with Gasteiger partial charge in [0.1, 0.15) is 0 Å². The van der Waals surface area contributed by atoms with Gasteiger partial charge in [0.05, 0.1) is 0 Å². The van der Waals surface area contributed by atoms with Crippen LogP contribution in [0.5, 0.6) is 0 Å². The minimum absolute atomic E-state index is 0.270. The first-order valence-electron chi connectivity index (χ1n) is 3.11. The molecule has 5 heteroatoms. The molecule has 0 bridgehead atoms. The molecule has 0 aliphatic heterocycles. The number of carboxylic acids is 1. The van der Waals surface area contributed by atoms with Crippen LogP contribution in [0.1, 0.15) is 6.42 Å². The molecule has 4 N–H and O–H groups in total. The Hall–Kier alpha value is -0.537. The molecular weight excluding hydrogens is 197 g/mol. The van der Waals surface area contributed by atoms with Gasteiger partial charge in [0.15, 0.2) is 0 Å². The zero-order valence-electron chi connectivity index (χ0n) is 6.21. The van der Waals surface area contributed by atoms with E-state index in [4.69, 9.17) is 10.8 Å². The Kier molecular flexibility index (Phi) is 4.91. The summed E-state index contributed by atoms with van der Waals surface area (Å²) >= 11 is 0.987. The van der Waals surface area contributed by atoms with Crippen molar-refractivity contribution in [1.82, 2.24) is 5.32 Å². The van der Waals surface area contributed by atoms with Crippen molar-refractivity contribution in [3.63, 3.8) is 0 Å². The monoisotopic (exact) mass is 206 g/mol. The van der Waals surface area contributed by atoms with Crippen LogP contribution >= 0.6 is 0 Å². The molecule has 1 atom stereocenters. The molecule has 0 radical (unpaired) electrons. The molecule has 58 valence electrons. The number of hydrogen-bond donors (Lipinski definition) is 3. The molecule has 4 nitrogen and oxygen atoms in total. The fourth-order valence-electron chi connectivity index (χ4n) is 0.556. The molecular formula is C6H10N2O2Zn. The van der Waals surface area contributed by atoms with Crippen LogP contribution in [0.4, 0.5) is 0 Å². The van der Waals surface area contributed by atoms with Crippen molar-refractivity contribution < 1.29 is 27.8 Å². The number of carbonyl (C=O) groups is 1. The summed E-state index contributed by atoms with van der Waals surface area (Å²) in [6.07, 6.45) is 0.270. The second kappa shape index (κ2) is 5.16. The molecule has 0 saturated carbocycles. The minimum atomic E-state index is -1.000. The topological polar surface area (TPSA) is 75.4 Å². The molecule has 0 rings (SSSR count). The van der Waals surface area contributed by atoms with Gasteiger partial charge < -0.3 is 0 Å². The normalized spacial score (nSPS) is 11.9. The van der Waals surface area contributed by atoms with Crippen molar-refractivity contribution in [1.29, 1.82) is 0 Å². The fraction of sp³-hybridized carbons (Fsp3) is 0.333. The Balaban J connectivity index is 3.74. The fourth-order valence-corrected chi connectivity index (χ4v) is 1.16. The molecule has 0 saturated heterocycles. The number of nitrogens with two attached hydrogens (primary N) is 1. The molecule has 0 amide bonds. The summed E-state index contributed by atoms with van der Waals surface area (Å²) in [6, 6.07) is -0.852. The van der Waals surface area contributed by atoms with E-state index in [1.165, 1.54) is 0 Å². The van der Waals surface area contributed by atoms with E-state index < -0.39 is 12.0 Å². The molecule has 0 spiro atoms. The van der Waals surface area contributed by atoms with Crippen molar-refractivity contribution in [3.05, 3.63) is 12.3 Å². The first kappa shape index (κ1) is 10.5. The molecule has 0 aliphatic rings. The summed E-state index contributed by atoms with van der Waals surface area (Å²) < 4.78 is 1.80. The van der Waals surface area contributed by atoms with Crippen molar-refractivity contribution in [2.45, 2.75) is 12.5 Å². The molecule has 0 heterocycles. The number of carboxylic acid groups (broad SMARTS) is 1. The van der Waals surface area contributed by atoms with Gasteiger partial charge in [0, 0.05) is 0 Å². The molecule has 0 aromatic carbocycles. The second-order valence-corrected chi connectivity index (χ2v) is 2.96. The van der Waals surface area contributed by atoms with Crippen LogP contribution < -0.4 is 11.1 Å². The van der Waals surface area contributed by atoms with Gasteiger partial charge in [0.2, 0.25) is 0 Å². The van der Waals surface area contributed by atoms with E-state index >= 15 is 0 Å². The Morgan fingerprint density at radius 2 is 2.45 bits per heavy atom. The molecule has 1 unspecified atom stereocenters. The third-order valence-electron chi connectivity index (χ3n) is 1.09. The van der Waals surface area contributed by atoms with E-state index in [0.29, 0.717) is 5.70 Å². The third-order valence-corrected chi connectivity index (χ3v) is 1.52. The van der Waals surface area contributed by atoms with E-state index in [1.54, 1.807) is 4.73 Å². The summed E-state index contributed by atoms with van der Waals surface area (Å²) in [7, 11) is 0. The Morgan fingerprint density at radius 1 is 1.91 bits per heavy atom.